The monoisotopic (exact) mass is 386 g/mol. The maximum Gasteiger partial charge on any atom is 0.194 e. The normalized spacial score (nSPS) is 13.4. The number of anilines is 3. The third kappa shape index (κ3) is 3.29. The lowest BCUT2D eigenvalue weighted by atomic mass is 10.2. The van der Waals surface area contributed by atoms with E-state index >= 15 is 0 Å². The molecule has 140 valence electrons. The summed E-state index contributed by atoms with van der Waals surface area (Å²) in [6.45, 7) is 0.347. The van der Waals surface area contributed by atoms with Gasteiger partial charge in [-0.1, -0.05) is 36.0 Å². The van der Waals surface area contributed by atoms with Crippen LogP contribution < -0.4 is 15.4 Å². The van der Waals surface area contributed by atoms with Crippen LogP contribution in [0.25, 0.3) is 11.4 Å². The second-order valence-corrected chi connectivity index (χ2v) is 6.69. The van der Waals surface area contributed by atoms with Gasteiger partial charge in [0.05, 0.1) is 29.6 Å². The second-order valence-electron chi connectivity index (χ2n) is 5.77. The minimum atomic E-state index is -0.210. The molecule has 11 heteroatoms. The number of rotatable bonds is 4. The SMILES string of the molecule is [O-]N(O)c1cccc(-c2nnc3n2CN(c2ccccc2N([O-])O)CS3)c1. The average molecular weight is 386 g/mol. The molecule has 0 spiro atoms. The Labute approximate surface area is 157 Å². The molecule has 0 unspecified atom stereocenters. The maximum absolute atomic E-state index is 11.4. The van der Waals surface area contributed by atoms with Crippen LogP contribution in [0.1, 0.15) is 0 Å². The van der Waals surface area contributed by atoms with Crippen LogP contribution in [0.2, 0.25) is 0 Å². The number of hydrogen-bond acceptors (Lipinski definition) is 10. The van der Waals surface area contributed by atoms with E-state index in [2.05, 4.69) is 10.2 Å². The number of aromatic nitrogens is 3. The van der Waals surface area contributed by atoms with Crippen molar-refractivity contribution in [3.05, 3.63) is 58.9 Å². The Bertz CT molecular complexity index is 964. The minimum absolute atomic E-state index is 0.0813. The van der Waals surface area contributed by atoms with Crippen molar-refractivity contribution in [2.24, 2.45) is 0 Å². The van der Waals surface area contributed by atoms with Crippen LogP contribution in [-0.2, 0) is 6.67 Å². The van der Waals surface area contributed by atoms with E-state index in [-0.39, 0.29) is 21.8 Å². The summed E-state index contributed by atoms with van der Waals surface area (Å²) in [5.41, 5.74) is 1.41. The average Bonchev–Trinajstić information content (AvgIpc) is 3.11. The van der Waals surface area contributed by atoms with E-state index in [1.807, 2.05) is 9.47 Å². The van der Waals surface area contributed by atoms with E-state index in [0.717, 1.165) is 0 Å². The number of fused-ring (bicyclic) bond motifs is 1. The highest BCUT2D eigenvalue weighted by molar-refractivity contribution is 7.99. The zero-order valence-electron chi connectivity index (χ0n) is 13.8. The molecule has 0 bridgehead atoms. The molecule has 2 heterocycles. The fourth-order valence-corrected chi connectivity index (χ4v) is 3.78. The number of para-hydroxylation sites is 2. The van der Waals surface area contributed by atoms with E-state index in [0.29, 0.717) is 34.8 Å². The van der Waals surface area contributed by atoms with Gasteiger partial charge in [-0.2, -0.15) is 0 Å². The molecule has 1 aliphatic heterocycles. The van der Waals surface area contributed by atoms with Gasteiger partial charge in [0.15, 0.2) is 11.0 Å². The quantitative estimate of drug-likeness (QED) is 0.646. The summed E-state index contributed by atoms with van der Waals surface area (Å²) >= 11 is 1.43. The number of nitrogens with zero attached hydrogens (tertiary/aromatic N) is 6. The Kier molecular flexibility index (Phi) is 4.59. The Hall–Kier alpha value is -2.83. The standard InChI is InChI=1S/C16H14N6O4S/c23-21(24)12-5-3-4-11(8-12)15-17-18-16-20(15)9-19(10-27-16)13-6-1-2-7-14(13)22(25)26/h1-8,23,25H,9-10H2/q-2. The van der Waals surface area contributed by atoms with Crippen LogP contribution in [0.5, 0.6) is 0 Å². The van der Waals surface area contributed by atoms with E-state index < -0.39 is 0 Å². The molecular weight excluding hydrogens is 372 g/mol. The van der Waals surface area contributed by atoms with Crippen molar-refractivity contribution >= 4 is 28.8 Å². The summed E-state index contributed by atoms with van der Waals surface area (Å²) in [6, 6.07) is 13.1. The fourth-order valence-electron chi connectivity index (χ4n) is 2.89. The molecule has 1 aromatic heterocycles. The lowest BCUT2D eigenvalue weighted by Crippen LogP contribution is -2.31. The number of benzene rings is 2. The van der Waals surface area contributed by atoms with Gasteiger partial charge in [-0.05, 0) is 24.3 Å². The van der Waals surface area contributed by atoms with Crippen molar-refractivity contribution in [2.45, 2.75) is 11.8 Å². The Balaban J connectivity index is 1.70. The first-order chi connectivity index (χ1) is 13.0. The van der Waals surface area contributed by atoms with Gasteiger partial charge in [-0.3, -0.25) is 15.0 Å². The topological polar surface area (TPSA) is 127 Å². The predicted molar refractivity (Wildman–Crippen MR) is 100 cm³/mol. The molecular formula is C16H14N6O4S-2. The zero-order chi connectivity index (χ0) is 19.0. The number of hydrogen-bond donors (Lipinski definition) is 2. The molecule has 1 aliphatic rings. The molecule has 0 saturated carbocycles. The van der Waals surface area contributed by atoms with Crippen LogP contribution in [0, 0.1) is 10.4 Å². The summed E-state index contributed by atoms with van der Waals surface area (Å²) in [5.74, 6) is 1.04. The van der Waals surface area contributed by atoms with Crippen molar-refractivity contribution in [1.82, 2.24) is 14.8 Å². The summed E-state index contributed by atoms with van der Waals surface area (Å²) in [5, 5.41) is 49.8. The molecule has 0 fully saturated rings. The van der Waals surface area contributed by atoms with Gasteiger partial charge >= 0.3 is 0 Å². The van der Waals surface area contributed by atoms with Gasteiger partial charge in [0, 0.05) is 5.56 Å². The fraction of sp³-hybridized carbons (Fsp3) is 0.125. The van der Waals surface area contributed by atoms with Crippen LogP contribution in [0.4, 0.5) is 17.1 Å². The van der Waals surface area contributed by atoms with E-state index in [4.69, 9.17) is 5.21 Å². The molecule has 2 aromatic carbocycles. The molecule has 4 rings (SSSR count). The Morgan fingerprint density at radius 2 is 1.81 bits per heavy atom. The van der Waals surface area contributed by atoms with Crippen molar-refractivity contribution in [1.29, 1.82) is 0 Å². The highest BCUT2D eigenvalue weighted by Crippen LogP contribution is 2.36. The smallest absolute Gasteiger partial charge is 0.194 e. The molecule has 0 atom stereocenters. The maximum atomic E-state index is 11.4. The van der Waals surface area contributed by atoms with Crippen molar-refractivity contribution in [3.63, 3.8) is 0 Å². The summed E-state index contributed by atoms with van der Waals surface area (Å²) in [4.78, 5) is 1.90. The van der Waals surface area contributed by atoms with Crippen LogP contribution in [-0.4, -0.2) is 31.1 Å². The van der Waals surface area contributed by atoms with Gasteiger partial charge in [0.2, 0.25) is 0 Å². The predicted octanol–water partition coefficient (Wildman–Crippen LogP) is 2.86. The highest BCUT2D eigenvalue weighted by Gasteiger charge is 2.24. The summed E-state index contributed by atoms with van der Waals surface area (Å²) in [7, 11) is 0. The summed E-state index contributed by atoms with van der Waals surface area (Å²) in [6.07, 6.45) is 0. The van der Waals surface area contributed by atoms with Gasteiger partial charge in [0.1, 0.15) is 0 Å². The molecule has 0 radical (unpaired) electrons. The van der Waals surface area contributed by atoms with Crippen molar-refractivity contribution < 1.29 is 10.4 Å². The first-order valence-electron chi connectivity index (χ1n) is 7.87. The zero-order valence-corrected chi connectivity index (χ0v) is 14.7. The van der Waals surface area contributed by atoms with Gasteiger partial charge in [0.25, 0.3) is 0 Å². The Morgan fingerprint density at radius 1 is 1.00 bits per heavy atom. The first-order valence-corrected chi connectivity index (χ1v) is 8.86. The number of thioether (sulfide) groups is 1. The van der Waals surface area contributed by atoms with Crippen LogP contribution in [0.3, 0.4) is 0 Å². The third-order valence-electron chi connectivity index (χ3n) is 4.13. The van der Waals surface area contributed by atoms with E-state index in [1.54, 1.807) is 30.3 Å². The van der Waals surface area contributed by atoms with E-state index in [1.165, 1.54) is 30.0 Å². The second kappa shape index (κ2) is 7.06. The molecule has 3 aromatic rings. The van der Waals surface area contributed by atoms with Crippen LogP contribution >= 0.6 is 11.8 Å². The van der Waals surface area contributed by atoms with Crippen LogP contribution in [0.15, 0.2) is 53.7 Å². The first kappa shape index (κ1) is 17.6. The lowest BCUT2D eigenvalue weighted by Gasteiger charge is -2.34. The molecule has 0 amide bonds. The van der Waals surface area contributed by atoms with Gasteiger partial charge < -0.3 is 25.8 Å². The largest absolute Gasteiger partial charge is 0.733 e. The molecule has 2 N–H and O–H groups in total. The minimum Gasteiger partial charge on any atom is -0.733 e. The molecule has 27 heavy (non-hydrogen) atoms. The Morgan fingerprint density at radius 3 is 2.59 bits per heavy atom. The van der Waals surface area contributed by atoms with Gasteiger partial charge in [-0.15, -0.1) is 10.2 Å². The highest BCUT2D eigenvalue weighted by atomic mass is 32.2. The summed E-state index contributed by atoms with van der Waals surface area (Å²) < 4.78 is 1.84. The lowest BCUT2D eigenvalue weighted by molar-refractivity contribution is 0.296. The van der Waals surface area contributed by atoms with E-state index in [9.17, 15) is 15.6 Å². The van der Waals surface area contributed by atoms with Crippen molar-refractivity contribution in [3.8, 4) is 11.4 Å². The van der Waals surface area contributed by atoms with Gasteiger partial charge in [-0.25, -0.2) is 0 Å². The third-order valence-corrected chi connectivity index (χ3v) is 5.13. The van der Waals surface area contributed by atoms with Crippen molar-refractivity contribution in [2.75, 3.05) is 21.2 Å². The molecule has 10 nitrogen and oxygen atoms in total. The molecule has 0 saturated heterocycles. The molecule has 0 aliphatic carbocycles.